The topological polar surface area (TPSA) is 64.3 Å². The molecule has 140 valence electrons. The smallest absolute Gasteiger partial charge is 0.256 e. The number of hydrogen-bond acceptors (Lipinski definition) is 4. The summed E-state index contributed by atoms with van der Waals surface area (Å²) >= 11 is 0. The fourth-order valence-corrected chi connectivity index (χ4v) is 3.54. The number of piperazine rings is 1. The van der Waals surface area contributed by atoms with Crippen molar-refractivity contribution in [3.63, 3.8) is 0 Å². The molecule has 27 heavy (non-hydrogen) atoms. The van der Waals surface area contributed by atoms with Crippen LogP contribution in [0, 0.1) is 5.82 Å². The van der Waals surface area contributed by atoms with Gasteiger partial charge in [0, 0.05) is 56.0 Å². The van der Waals surface area contributed by atoms with E-state index in [0.717, 1.165) is 23.6 Å². The Balaban J connectivity index is 1.49. The number of rotatable bonds is 4. The molecule has 7 heteroatoms. The predicted octanol–water partition coefficient (Wildman–Crippen LogP) is 3.10. The van der Waals surface area contributed by atoms with Crippen molar-refractivity contribution in [3.8, 4) is 0 Å². The first-order chi connectivity index (χ1) is 13.2. The van der Waals surface area contributed by atoms with Crippen molar-refractivity contribution in [3.05, 3.63) is 54.1 Å². The third kappa shape index (κ3) is 3.32. The number of aromatic nitrogens is 2. The van der Waals surface area contributed by atoms with Crippen molar-refractivity contribution in [2.75, 3.05) is 42.9 Å². The van der Waals surface area contributed by atoms with Gasteiger partial charge in [0.25, 0.3) is 5.91 Å². The molecule has 0 atom stereocenters. The lowest BCUT2D eigenvalue weighted by Crippen LogP contribution is -2.49. The molecule has 2 aromatic heterocycles. The minimum atomic E-state index is -0.341. The van der Waals surface area contributed by atoms with Crippen LogP contribution in [-0.2, 0) is 0 Å². The van der Waals surface area contributed by atoms with Crippen molar-refractivity contribution in [1.82, 2.24) is 14.9 Å². The molecule has 1 fully saturated rings. The van der Waals surface area contributed by atoms with Gasteiger partial charge in [-0.1, -0.05) is 0 Å². The summed E-state index contributed by atoms with van der Waals surface area (Å²) in [6, 6.07) is 8.39. The zero-order valence-electron chi connectivity index (χ0n) is 15.2. The molecule has 3 aromatic rings. The second kappa shape index (κ2) is 7.26. The molecule has 0 saturated carbocycles. The Bertz CT molecular complexity index is 962. The Morgan fingerprint density at radius 1 is 1.26 bits per heavy atom. The van der Waals surface area contributed by atoms with Gasteiger partial charge in [0.2, 0.25) is 0 Å². The van der Waals surface area contributed by atoms with Gasteiger partial charge in [0.1, 0.15) is 5.82 Å². The van der Waals surface area contributed by atoms with Crippen LogP contribution in [-0.4, -0.2) is 53.5 Å². The fraction of sp³-hybridized carbons (Fsp3) is 0.300. The maximum absolute atomic E-state index is 13.6. The Hall–Kier alpha value is -3.09. The molecule has 0 aliphatic carbocycles. The Morgan fingerprint density at radius 2 is 2.07 bits per heavy atom. The van der Waals surface area contributed by atoms with E-state index < -0.39 is 0 Å². The third-order valence-corrected chi connectivity index (χ3v) is 4.89. The van der Waals surface area contributed by atoms with E-state index in [9.17, 15) is 9.18 Å². The molecule has 3 heterocycles. The number of aromatic amines is 1. The quantitative estimate of drug-likeness (QED) is 0.744. The van der Waals surface area contributed by atoms with Crippen molar-refractivity contribution in [2.24, 2.45) is 0 Å². The van der Waals surface area contributed by atoms with Crippen LogP contribution in [0.15, 0.2) is 42.7 Å². The summed E-state index contributed by atoms with van der Waals surface area (Å²) in [7, 11) is 0. The summed E-state index contributed by atoms with van der Waals surface area (Å²) in [5.74, 6) is 0.507. The number of amides is 1. The van der Waals surface area contributed by atoms with E-state index in [2.05, 4.69) is 27.1 Å². The van der Waals surface area contributed by atoms with Gasteiger partial charge in [-0.2, -0.15) is 0 Å². The zero-order chi connectivity index (χ0) is 18.8. The molecule has 1 amide bonds. The van der Waals surface area contributed by atoms with Crippen LogP contribution in [0.5, 0.6) is 0 Å². The van der Waals surface area contributed by atoms with Crippen LogP contribution in [0.2, 0.25) is 0 Å². The molecule has 0 bridgehead atoms. The summed E-state index contributed by atoms with van der Waals surface area (Å²) in [4.78, 5) is 24.5. The summed E-state index contributed by atoms with van der Waals surface area (Å²) in [6.07, 6.45) is 3.45. The fourth-order valence-electron chi connectivity index (χ4n) is 3.54. The molecular formula is C20H22FN5O. The minimum absolute atomic E-state index is 0.0700. The lowest BCUT2D eigenvalue weighted by molar-refractivity contribution is 0.0748. The van der Waals surface area contributed by atoms with Gasteiger partial charge in [-0.15, -0.1) is 0 Å². The number of carbonyl (C=O) groups is 1. The van der Waals surface area contributed by atoms with Crippen LogP contribution in [0.25, 0.3) is 10.9 Å². The highest BCUT2D eigenvalue weighted by Crippen LogP contribution is 2.25. The van der Waals surface area contributed by atoms with E-state index in [1.54, 1.807) is 18.5 Å². The van der Waals surface area contributed by atoms with Crippen LogP contribution in [0.3, 0.4) is 0 Å². The van der Waals surface area contributed by atoms with Crippen LogP contribution in [0.4, 0.5) is 15.9 Å². The largest absolute Gasteiger partial charge is 0.382 e. The normalized spacial score (nSPS) is 14.6. The Labute approximate surface area is 157 Å². The van der Waals surface area contributed by atoms with Crippen molar-refractivity contribution >= 4 is 28.3 Å². The van der Waals surface area contributed by atoms with Crippen molar-refractivity contribution in [2.45, 2.75) is 6.92 Å². The number of hydrogen-bond donors (Lipinski definition) is 2. The summed E-state index contributed by atoms with van der Waals surface area (Å²) < 4.78 is 13.6. The lowest BCUT2D eigenvalue weighted by atomic mass is 10.1. The molecule has 0 unspecified atom stereocenters. The number of fused-ring (bicyclic) bond motifs is 1. The van der Waals surface area contributed by atoms with E-state index >= 15 is 0 Å². The first kappa shape index (κ1) is 17.3. The molecular weight excluding hydrogens is 345 g/mol. The number of nitrogens with one attached hydrogen (secondary N) is 2. The van der Waals surface area contributed by atoms with Gasteiger partial charge in [-0.3, -0.25) is 4.79 Å². The van der Waals surface area contributed by atoms with Gasteiger partial charge in [0.05, 0.1) is 11.3 Å². The van der Waals surface area contributed by atoms with E-state index in [4.69, 9.17) is 0 Å². The second-order valence-corrected chi connectivity index (χ2v) is 6.58. The third-order valence-electron chi connectivity index (χ3n) is 4.89. The van der Waals surface area contributed by atoms with Crippen molar-refractivity contribution in [1.29, 1.82) is 0 Å². The van der Waals surface area contributed by atoms with Gasteiger partial charge in [-0.05, 0) is 37.3 Å². The summed E-state index contributed by atoms with van der Waals surface area (Å²) in [5, 5.41) is 3.96. The molecule has 0 spiro atoms. The van der Waals surface area contributed by atoms with Crippen LogP contribution in [0.1, 0.15) is 17.3 Å². The van der Waals surface area contributed by atoms with Gasteiger partial charge >= 0.3 is 0 Å². The lowest BCUT2D eigenvalue weighted by Gasteiger charge is -2.36. The van der Waals surface area contributed by atoms with Gasteiger partial charge in [-0.25, -0.2) is 9.37 Å². The van der Waals surface area contributed by atoms with E-state index in [1.165, 1.54) is 12.1 Å². The highest BCUT2D eigenvalue weighted by molar-refractivity contribution is 6.06. The number of benzene rings is 1. The van der Waals surface area contributed by atoms with Crippen LogP contribution < -0.4 is 10.2 Å². The molecule has 1 aliphatic heterocycles. The summed E-state index contributed by atoms with van der Waals surface area (Å²) in [5.41, 5.74) is 2.29. The Kier molecular flexibility index (Phi) is 4.66. The van der Waals surface area contributed by atoms with Crippen LogP contribution >= 0.6 is 0 Å². The highest BCUT2D eigenvalue weighted by Gasteiger charge is 2.25. The standard InChI is InChI=1S/C20H22FN5O/c1-2-22-18-4-3-7-23-19(18)25-8-10-26(11-9-25)20(27)16-13-24-17-6-5-14(21)12-15(16)17/h3-7,12-13,22,24H,2,8-11H2,1H3. The van der Waals surface area contributed by atoms with E-state index in [1.807, 2.05) is 17.0 Å². The number of carbonyl (C=O) groups excluding carboxylic acids is 1. The molecule has 6 nitrogen and oxygen atoms in total. The first-order valence-corrected chi connectivity index (χ1v) is 9.17. The maximum Gasteiger partial charge on any atom is 0.256 e. The molecule has 2 N–H and O–H groups in total. The second-order valence-electron chi connectivity index (χ2n) is 6.58. The van der Waals surface area contributed by atoms with Gasteiger partial charge < -0.3 is 20.1 Å². The minimum Gasteiger partial charge on any atom is -0.382 e. The monoisotopic (exact) mass is 367 g/mol. The first-order valence-electron chi connectivity index (χ1n) is 9.17. The number of halogens is 1. The summed E-state index contributed by atoms with van der Waals surface area (Å²) in [6.45, 7) is 5.49. The number of H-pyrrole nitrogens is 1. The predicted molar refractivity (Wildman–Crippen MR) is 105 cm³/mol. The highest BCUT2D eigenvalue weighted by atomic mass is 19.1. The molecule has 1 saturated heterocycles. The molecule has 1 aliphatic rings. The molecule has 0 radical (unpaired) electrons. The van der Waals surface area contributed by atoms with E-state index in [0.29, 0.717) is 37.1 Å². The number of nitrogens with zero attached hydrogens (tertiary/aromatic N) is 3. The molecule has 4 rings (SSSR count). The number of pyridine rings is 1. The number of anilines is 2. The zero-order valence-corrected chi connectivity index (χ0v) is 15.2. The molecule has 1 aromatic carbocycles. The Morgan fingerprint density at radius 3 is 2.85 bits per heavy atom. The SMILES string of the molecule is CCNc1cccnc1N1CCN(C(=O)c2c[nH]c3ccc(F)cc23)CC1. The van der Waals surface area contributed by atoms with E-state index in [-0.39, 0.29) is 11.7 Å². The van der Waals surface area contributed by atoms with Crippen molar-refractivity contribution < 1.29 is 9.18 Å². The average Bonchev–Trinajstić information content (AvgIpc) is 3.11. The maximum atomic E-state index is 13.6. The van der Waals surface area contributed by atoms with Gasteiger partial charge in [0.15, 0.2) is 5.82 Å². The average molecular weight is 367 g/mol.